The number of hydrogen-bond acceptors (Lipinski definition) is 6. The van der Waals surface area contributed by atoms with Crippen molar-refractivity contribution in [2.24, 2.45) is 16.3 Å². The van der Waals surface area contributed by atoms with Crippen LogP contribution >= 0.6 is 23.2 Å². The third-order valence-corrected chi connectivity index (χ3v) is 8.75. The summed E-state index contributed by atoms with van der Waals surface area (Å²) in [5.41, 5.74) is 1.63. The van der Waals surface area contributed by atoms with Crippen LogP contribution in [0.25, 0.3) is 0 Å². The largest absolute Gasteiger partial charge is 0.467 e. The molecule has 2 aromatic carbocycles. The van der Waals surface area contributed by atoms with Crippen LogP contribution in [0.15, 0.2) is 47.5 Å². The molecule has 0 aromatic heterocycles. The molecule has 2 N–H and O–H groups in total. The van der Waals surface area contributed by atoms with Gasteiger partial charge in [-0.1, -0.05) is 56.1 Å². The molecule has 1 saturated carbocycles. The first kappa shape index (κ1) is 31.0. The van der Waals surface area contributed by atoms with E-state index in [2.05, 4.69) is 30.8 Å². The van der Waals surface area contributed by atoms with Crippen molar-refractivity contribution >= 4 is 46.7 Å². The number of carbonyl (C=O) groups is 3. The second-order valence-electron chi connectivity index (χ2n) is 12.0. The number of halogens is 2. The summed E-state index contributed by atoms with van der Waals surface area (Å²) in [5.74, 6) is -0.916. The van der Waals surface area contributed by atoms with Crippen LogP contribution in [0.2, 0.25) is 10.0 Å². The van der Waals surface area contributed by atoms with E-state index < -0.39 is 23.6 Å². The lowest BCUT2D eigenvalue weighted by Crippen LogP contribution is -2.50. The number of nitrogens with zero attached hydrogens (tertiary/aromatic N) is 2. The SMILES string of the molecule is COC(=O)C(O)CNC(=O)c1ccc(C(C)N2C(=O)C(c3cc(Cl)cc(Cl)c3)=NC23CCC(C(C)(C)C)CC3)cc1. The van der Waals surface area contributed by atoms with E-state index in [0.29, 0.717) is 32.8 Å². The molecule has 0 radical (unpaired) electrons. The smallest absolute Gasteiger partial charge is 0.336 e. The number of methoxy groups -OCH3 is 1. The number of aliphatic hydroxyl groups excluding tert-OH is 1. The van der Waals surface area contributed by atoms with Gasteiger partial charge in [0, 0.05) is 21.2 Å². The highest BCUT2D eigenvalue weighted by Gasteiger charge is 2.52. The summed E-state index contributed by atoms with van der Waals surface area (Å²) < 4.78 is 4.47. The molecule has 4 rings (SSSR count). The van der Waals surface area contributed by atoms with Crippen molar-refractivity contribution in [1.29, 1.82) is 0 Å². The van der Waals surface area contributed by atoms with Gasteiger partial charge in [0.1, 0.15) is 11.4 Å². The van der Waals surface area contributed by atoms with E-state index >= 15 is 0 Å². The summed E-state index contributed by atoms with van der Waals surface area (Å²) in [6, 6.07) is 11.7. The van der Waals surface area contributed by atoms with Crippen LogP contribution < -0.4 is 5.32 Å². The van der Waals surface area contributed by atoms with E-state index in [1.54, 1.807) is 30.3 Å². The quantitative estimate of drug-likeness (QED) is 0.403. The van der Waals surface area contributed by atoms with Gasteiger partial charge in [0.25, 0.3) is 11.8 Å². The molecule has 2 aromatic rings. The maximum Gasteiger partial charge on any atom is 0.336 e. The summed E-state index contributed by atoms with van der Waals surface area (Å²) in [6.07, 6.45) is 1.93. The lowest BCUT2D eigenvalue weighted by atomic mass is 9.69. The number of nitrogens with one attached hydrogen (secondary N) is 1. The van der Waals surface area contributed by atoms with E-state index in [0.717, 1.165) is 38.4 Å². The summed E-state index contributed by atoms with van der Waals surface area (Å²) >= 11 is 12.6. The highest BCUT2D eigenvalue weighted by Crippen LogP contribution is 2.49. The molecule has 0 saturated heterocycles. The fraction of sp³-hybridized carbons (Fsp3) is 0.484. The van der Waals surface area contributed by atoms with Crippen LogP contribution in [0.4, 0.5) is 0 Å². The minimum absolute atomic E-state index is 0.164. The van der Waals surface area contributed by atoms with E-state index in [9.17, 15) is 19.5 Å². The molecule has 1 spiro atoms. The van der Waals surface area contributed by atoms with Crippen molar-refractivity contribution in [3.63, 3.8) is 0 Å². The van der Waals surface area contributed by atoms with Gasteiger partial charge >= 0.3 is 5.97 Å². The van der Waals surface area contributed by atoms with Crippen molar-refractivity contribution in [2.75, 3.05) is 13.7 Å². The maximum absolute atomic E-state index is 14.1. The van der Waals surface area contributed by atoms with Gasteiger partial charge in [0.15, 0.2) is 6.10 Å². The van der Waals surface area contributed by atoms with Crippen LogP contribution in [0, 0.1) is 11.3 Å². The zero-order chi connectivity index (χ0) is 30.1. The average molecular weight is 603 g/mol. The Morgan fingerprint density at radius 1 is 1.12 bits per heavy atom. The van der Waals surface area contributed by atoms with Crippen LogP contribution in [0.3, 0.4) is 0 Å². The molecule has 2 aliphatic rings. The van der Waals surface area contributed by atoms with Crippen molar-refractivity contribution in [2.45, 2.75) is 71.2 Å². The molecule has 2 unspecified atom stereocenters. The monoisotopic (exact) mass is 601 g/mol. The van der Waals surface area contributed by atoms with Crippen molar-refractivity contribution < 1.29 is 24.2 Å². The van der Waals surface area contributed by atoms with Gasteiger partial charge in [0.05, 0.1) is 19.7 Å². The van der Waals surface area contributed by atoms with Crippen LogP contribution in [0.1, 0.15) is 80.9 Å². The first-order valence-corrected chi connectivity index (χ1v) is 14.6. The molecule has 1 fully saturated rings. The zero-order valence-electron chi connectivity index (χ0n) is 24.0. The topological polar surface area (TPSA) is 108 Å². The Kier molecular flexibility index (Phi) is 9.16. The molecule has 220 valence electrons. The van der Waals surface area contributed by atoms with Gasteiger partial charge in [-0.2, -0.15) is 0 Å². The van der Waals surface area contributed by atoms with E-state index in [1.165, 1.54) is 0 Å². The number of carbonyl (C=O) groups excluding carboxylic acids is 3. The van der Waals surface area contributed by atoms with Gasteiger partial charge in [-0.05, 0) is 79.8 Å². The summed E-state index contributed by atoms with van der Waals surface area (Å²) in [4.78, 5) is 45.1. The predicted octanol–water partition coefficient (Wildman–Crippen LogP) is 5.58. The lowest BCUT2D eigenvalue weighted by molar-refractivity contribution is -0.149. The number of aliphatic hydroxyl groups is 1. The number of benzene rings is 2. The van der Waals surface area contributed by atoms with Gasteiger partial charge in [-0.3, -0.25) is 14.6 Å². The molecule has 1 aliphatic carbocycles. The number of hydrogen-bond donors (Lipinski definition) is 2. The third-order valence-electron chi connectivity index (χ3n) is 8.31. The molecule has 0 bridgehead atoms. The summed E-state index contributed by atoms with van der Waals surface area (Å²) in [5, 5.41) is 13.1. The Bertz CT molecular complexity index is 1320. The molecule has 1 heterocycles. The Morgan fingerprint density at radius 2 is 1.71 bits per heavy atom. The highest BCUT2D eigenvalue weighted by molar-refractivity contribution is 6.47. The molecule has 8 nitrogen and oxygen atoms in total. The average Bonchev–Trinajstić information content (AvgIpc) is 3.20. The second kappa shape index (κ2) is 12.1. The fourth-order valence-electron chi connectivity index (χ4n) is 5.90. The Morgan fingerprint density at radius 3 is 2.24 bits per heavy atom. The molecular weight excluding hydrogens is 565 g/mol. The van der Waals surface area contributed by atoms with Gasteiger partial charge in [0.2, 0.25) is 0 Å². The van der Waals surface area contributed by atoms with Crippen molar-refractivity contribution in [3.8, 4) is 0 Å². The minimum atomic E-state index is -1.45. The fourth-order valence-corrected chi connectivity index (χ4v) is 6.43. The van der Waals surface area contributed by atoms with Crippen molar-refractivity contribution in [3.05, 3.63) is 69.2 Å². The van der Waals surface area contributed by atoms with E-state index in [4.69, 9.17) is 28.2 Å². The van der Waals surface area contributed by atoms with Gasteiger partial charge in [-0.15, -0.1) is 0 Å². The molecule has 41 heavy (non-hydrogen) atoms. The Labute approximate surface area is 251 Å². The number of amides is 2. The van der Waals surface area contributed by atoms with Crippen molar-refractivity contribution in [1.82, 2.24) is 10.2 Å². The Balaban J connectivity index is 1.60. The zero-order valence-corrected chi connectivity index (χ0v) is 25.6. The van der Waals surface area contributed by atoms with E-state index in [-0.39, 0.29) is 23.9 Å². The first-order valence-electron chi connectivity index (χ1n) is 13.8. The molecule has 10 heteroatoms. The predicted molar refractivity (Wildman–Crippen MR) is 159 cm³/mol. The van der Waals surface area contributed by atoms with Gasteiger partial charge in [-0.25, -0.2) is 4.79 Å². The number of aliphatic imine (C=N–C) groups is 1. The molecule has 1 aliphatic heterocycles. The number of ether oxygens (including phenoxy) is 1. The minimum Gasteiger partial charge on any atom is -0.467 e. The van der Waals surface area contributed by atoms with Gasteiger partial charge < -0.3 is 20.1 Å². The molecule has 2 amide bonds. The standard InChI is InChI=1S/C31H37Cl2N3O5/c1-18(19-6-8-20(9-7-19)27(38)34-17-25(37)29(40)41-5)36-28(39)26(21-14-23(32)16-24(33)15-21)35-31(36)12-10-22(11-13-31)30(2,3)4/h6-9,14-16,18,22,25,37H,10-13,17H2,1-5H3,(H,34,38). The van der Waals surface area contributed by atoms with E-state index in [1.807, 2.05) is 24.0 Å². The molecule has 2 atom stereocenters. The molecular formula is C31H37Cl2N3O5. The summed E-state index contributed by atoms with van der Waals surface area (Å²) in [7, 11) is 1.16. The normalized spacial score (nSPS) is 22.3. The lowest BCUT2D eigenvalue weighted by Gasteiger charge is -2.46. The number of rotatable bonds is 7. The Hall–Kier alpha value is -2.94. The van der Waals surface area contributed by atoms with Crippen LogP contribution in [-0.4, -0.2) is 58.9 Å². The maximum atomic E-state index is 14.1. The third kappa shape index (κ3) is 6.60. The van der Waals surface area contributed by atoms with Crippen LogP contribution in [-0.2, 0) is 14.3 Å². The second-order valence-corrected chi connectivity index (χ2v) is 12.8. The summed E-state index contributed by atoms with van der Waals surface area (Å²) in [6.45, 7) is 8.48. The number of esters is 1. The highest BCUT2D eigenvalue weighted by atomic mass is 35.5. The van der Waals surface area contributed by atoms with Crippen LogP contribution in [0.5, 0.6) is 0 Å². The first-order chi connectivity index (χ1) is 19.3.